The van der Waals surface area contributed by atoms with Crippen LogP contribution in [0.4, 0.5) is 15.9 Å². The molecule has 226 valence electrons. The predicted molar refractivity (Wildman–Crippen MR) is 159 cm³/mol. The van der Waals surface area contributed by atoms with Gasteiger partial charge in [0.1, 0.15) is 18.1 Å². The summed E-state index contributed by atoms with van der Waals surface area (Å²) in [7, 11) is 2.09. The summed E-state index contributed by atoms with van der Waals surface area (Å²) in [5.41, 5.74) is 2.70. The number of likely N-dealkylation sites (tertiary alicyclic amines) is 1. The molecule has 2 aromatic rings. The van der Waals surface area contributed by atoms with Crippen LogP contribution >= 0.6 is 0 Å². The van der Waals surface area contributed by atoms with E-state index < -0.39 is 5.41 Å². The average molecular weight is 588 g/mol. The van der Waals surface area contributed by atoms with Crippen LogP contribution in [-0.4, -0.2) is 83.5 Å². The van der Waals surface area contributed by atoms with Crippen molar-refractivity contribution in [3.63, 3.8) is 0 Å². The highest BCUT2D eigenvalue weighted by Crippen LogP contribution is 2.47. The Labute approximate surface area is 251 Å². The first kappa shape index (κ1) is 29.1. The fraction of sp³-hybridized carbons (Fsp3) is 0.531. The molecule has 2 fully saturated rings. The van der Waals surface area contributed by atoms with Gasteiger partial charge in [-0.1, -0.05) is 12.6 Å². The number of carbonyl (C=O) groups is 2. The van der Waals surface area contributed by atoms with E-state index in [1.807, 2.05) is 4.90 Å². The first-order chi connectivity index (χ1) is 20.8. The Bertz CT molecular complexity index is 1510. The molecule has 2 saturated heterocycles. The number of fused-ring (bicyclic) bond motifs is 3. The van der Waals surface area contributed by atoms with Crippen LogP contribution < -0.4 is 15.0 Å². The average Bonchev–Trinajstić information content (AvgIpc) is 3.42. The first-order valence-corrected chi connectivity index (χ1v) is 15.1. The minimum atomic E-state index is -0.869. The smallest absolute Gasteiger partial charge is 0.318 e. The van der Waals surface area contributed by atoms with E-state index in [0.29, 0.717) is 61.8 Å². The third kappa shape index (κ3) is 5.12. The Hall–Kier alpha value is -4.04. The van der Waals surface area contributed by atoms with Gasteiger partial charge in [0.05, 0.1) is 29.6 Å². The Morgan fingerprint density at radius 2 is 2.12 bits per heavy atom. The number of amides is 2. The van der Waals surface area contributed by atoms with Crippen molar-refractivity contribution in [2.24, 2.45) is 0 Å². The number of hydrogen-bond donors (Lipinski definition) is 1. The van der Waals surface area contributed by atoms with Crippen molar-refractivity contribution in [3.8, 4) is 12.1 Å². The van der Waals surface area contributed by atoms with Crippen LogP contribution in [0.3, 0.4) is 0 Å². The van der Waals surface area contributed by atoms with Crippen LogP contribution in [0.2, 0.25) is 0 Å². The molecule has 43 heavy (non-hydrogen) atoms. The topological polar surface area (TPSA) is 115 Å². The molecule has 0 saturated carbocycles. The van der Waals surface area contributed by atoms with Gasteiger partial charge in [-0.2, -0.15) is 15.2 Å². The Morgan fingerprint density at radius 1 is 1.28 bits per heavy atom. The number of halogens is 1. The molecular formula is C32H38FN7O3. The number of likely N-dealkylation sites (N-methyl/N-ethyl adjacent to an activating group) is 1. The highest BCUT2D eigenvalue weighted by molar-refractivity contribution is 6.04. The van der Waals surface area contributed by atoms with Crippen molar-refractivity contribution in [2.45, 2.75) is 69.4 Å². The molecule has 2 amide bonds. The van der Waals surface area contributed by atoms with E-state index in [0.717, 1.165) is 43.4 Å². The minimum absolute atomic E-state index is 0.146. The fourth-order valence-electron chi connectivity index (χ4n) is 7.34. The summed E-state index contributed by atoms with van der Waals surface area (Å²) in [4.78, 5) is 42.2. The van der Waals surface area contributed by atoms with Gasteiger partial charge in [-0.3, -0.25) is 9.59 Å². The Morgan fingerprint density at radius 3 is 2.86 bits per heavy atom. The molecule has 0 radical (unpaired) electrons. The number of rotatable bonds is 6. The summed E-state index contributed by atoms with van der Waals surface area (Å²) in [6.45, 7) is 8.07. The van der Waals surface area contributed by atoms with Crippen LogP contribution in [0, 0.1) is 24.1 Å². The summed E-state index contributed by atoms with van der Waals surface area (Å²) in [6, 6.07) is 5.57. The van der Waals surface area contributed by atoms with Crippen LogP contribution in [-0.2, 0) is 27.8 Å². The lowest BCUT2D eigenvalue weighted by Crippen LogP contribution is -2.55. The van der Waals surface area contributed by atoms with Crippen molar-refractivity contribution in [2.75, 3.05) is 50.1 Å². The third-order valence-corrected chi connectivity index (χ3v) is 9.81. The zero-order valence-electron chi connectivity index (χ0n) is 24.9. The first-order valence-electron chi connectivity index (χ1n) is 15.1. The lowest BCUT2D eigenvalue weighted by atomic mass is 9.64. The highest BCUT2D eigenvalue weighted by atomic mass is 19.1. The van der Waals surface area contributed by atoms with E-state index in [1.54, 1.807) is 17.9 Å². The largest absolute Gasteiger partial charge is 0.462 e. The molecule has 2 unspecified atom stereocenters. The number of hydrogen-bond acceptors (Lipinski definition) is 8. The van der Waals surface area contributed by atoms with E-state index in [-0.39, 0.29) is 42.1 Å². The number of carbonyl (C=O) groups excluding carboxylic acids is 2. The molecule has 3 atom stereocenters. The van der Waals surface area contributed by atoms with E-state index in [2.05, 4.69) is 29.9 Å². The van der Waals surface area contributed by atoms with Crippen molar-refractivity contribution in [1.29, 1.82) is 5.26 Å². The maximum absolute atomic E-state index is 14.5. The number of nitrogens with zero attached hydrogens (tertiary/aromatic N) is 6. The van der Waals surface area contributed by atoms with Crippen LogP contribution in [0.1, 0.15) is 54.5 Å². The zero-order chi connectivity index (χ0) is 30.3. The molecule has 11 heteroatoms. The van der Waals surface area contributed by atoms with Gasteiger partial charge >= 0.3 is 6.01 Å². The molecule has 6 rings (SSSR count). The number of anilines is 2. The van der Waals surface area contributed by atoms with Crippen molar-refractivity contribution < 1.29 is 18.7 Å². The summed E-state index contributed by atoms with van der Waals surface area (Å²) in [6.07, 6.45) is 6.05. The SMILES string of the molecule is C=CC(=O)N1CCN(c2nc(OC[C@@H]3CCCN3C)nc3c2NC(=O)C2(CCCc4c2ccc(F)c4C)C3)CC1CC#N. The van der Waals surface area contributed by atoms with E-state index in [4.69, 9.17) is 14.7 Å². The zero-order valence-corrected chi connectivity index (χ0v) is 24.9. The van der Waals surface area contributed by atoms with Crippen LogP contribution in [0.15, 0.2) is 24.8 Å². The fourth-order valence-corrected chi connectivity index (χ4v) is 7.34. The summed E-state index contributed by atoms with van der Waals surface area (Å²) in [5, 5.41) is 12.7. The lowest BCUT2D eigenvalue weighted by molar-refractivity contribution is -0.128. The highest BCUT2D eigenvalue weighted by Gasteiger charge is 2.49. The number of piperazine rings is 1. The van der Waals surface area contributed by atoms with Crippen molar-refractivity contribution in [1.82, 2.24) is 19.8 Å². The summed E-state index contributed by atoms with van der Waals surface area (Å²) >= 11 is 0. The number of nitrogens with one attached hydrogen (secondary N) is 1. The summed E-state index contributed by atoms with van der Waals surface area (Å²) < 4.78 is 20.8. The third-order valence-electron chi connectivity index (χ3n) is 9.81. The van der Waals surface area contributed by atoms with Gasteiger partial charge in [-0.15, -0.1) is 0 Å². The molecule has 10 nitrogen and oxygen atoms in total. The Kier molecular flexibility index (Phi) is 7.81. The van der Waals surface area contributed by atoms with Gasteiger partial charge < -0.3 is 24.8 Å². The van der Waals surface area contributed by atoms with E-state index in [1.165, 1.54) is 12.1 Å². The molecule has 1 aliphatic carbocycles. The van der Waals surface area contributed by atoms with Gasteiger partial charge in [0.15, 0.2) is 5.82 Å². The van der Waals surface area contributed by atoms with Gasteiger partial charge in [0, 0.05) is 32.1 Å². The second-order valence-corrected chi connectivity index (χ2v) is 12.2. The second kappa shape index (κ2) is 11.6. The molecule has 1 aromatic heterocycles. The standard InChI is InChI=1S/C32H38FN7O3/c1-4-27(41)40-16-15-39(18-21(40)11-13-34)29-28-26(35-31(37-29)43-19-22-7-6-14-38(22)3)17-32(30(42)36-28)12-5-8-23-20(2)25(33)10-9-24(23)32/h4,9-10,21-22H,1,5-8,11-12,14-19H2,2-3H3,(H,36,42)/t21?,22-,32?/m0/s1. The lowest BCUT2D eigenvalue weighted by Gasteiger charge is -2.44. The maximum atomic E-state index is 14.5. The monoisotopic (exact) mass is 587 g/mol. The maximum Gasteiger partial charge on any atom is 0.318 e. The van der Waals surface area contributed by atoms with Crippen LogP contribution in [0.25, 0.3) is 0 Å². The van der Waals surface area contributed by atoms with Gasteiger partial charge in [0.25, 0.3) is 0 Å². The second-order valence-electron chi connectivity index (χ2n) is 12.2. The molecule has 4 heterocycles. The molecule has 4 aliphatic rings. The van der Waals surface area contributed by atoms with E-state index >= 15 is 0 Å². The molecule has 3 aliphatic heterocycles. The van der Waals surface area contributed by atoms with Gasteiger partial charge in [-0.05, 0) is 81.5 Å². The van der Waals surface area contributed by atoms with Crippen molar-refractivity contribution >= 4 is 23.3 Å². The number of aromatic nitrogens is 2. The molecule has 1 aromatic carbocycles. The normalized spacial score (nSPS) is 25.1. The van der Waals surface area contributed by atoms with Gasteiger partial charge in [-0.25, -0.2) is 4.39 Å². The molecule has 1 N–H and O–H groups in total. The number of benzene rings is 1. The predicted octanol–water partition coefficient (Wildman–Crippen LogP) is 3.28. The summed E-state index contributed by atoms with van der Waals surface area (Å²) in [5.74, 6) is -0.0899. The van der Waals surface area contributed by atoms with E-state index in [9.17, 15) is 19.2 Å². The molecule has 0 bridgehead atoms. The van der Waals surface area contributed by atoms with Crippen molar-refractivity contribution in [3.05, 3.63) is 53.0 Å². The number of ether oxygens (including phenoxy) is 1. The minimum Gasteiger partial charge on any atom is -0.462 e. The van der Waals surface area contributed by atoms with Gasteiger partial charge in [0.2, 0.25) is 11.8 Å². The van der Waals surface area contributed by atoms with Crippen LogP contribution in [0.5, 0.6) is 6.01 Å². The quantitative estimate of drug-likeness (QED) is 0.513. The Balaban J connectivity index is 1.39. The molecule has 1 spiro atoms. The molecular weight excluding hydrogens is 549 g/mol. The number of nitriles is 1.